The Bertz CT molecular complexity index is 557. The van der Waals surface area contributed by atoms with Gasteiger partial charge >= 0.3 is 18.1 Å². The van der Waals surface area contributed by atoms with E-state index in [-0.39, 0.29) is 5.56 Å². The van der Waals surface area contributed by atoms with Crippen LogP contribution in [0.25, 0.3) is 0 Å². The van der Waals surface area contributed by atoms with Crippen molar-refractivity contribution in [3.05, 3.63) is 27.5 Å². The van der Waals surface area contributed by atoms with Crippen LogP contribution in [0.15, 0.2) is 10.5 Å². The molecule has 0 atom stereocenters. The molecule has 1 aromatic carbocycles. The summed E-state index contributed by atoms with van der Waals surface area (Å²) in [5.74, 6) is -5.01. The zero-order chi connectivity index (χ0) is 15.0. The Kier molecular flexibility index (Phi) is 4.18. The average Bonchev–Trinajstić information content (AvgIpc) is 2.27. The van der Waals surface area contributed by atoms with Crippen LogP contribution in [0.5, 0.6) is 0 Å². The maximum absolute atomic E-state index is 13.6. The van der Waals surface area contributed by atoms with Gasteiger partial charge < -0.3 is 10.4 Å². The number of nitrogens with one attached hydrogen (secondary N) is 1. The van der Waals surface area contributed by atoms with E-state index in [1.165, 1.54) is 5.32 Å². The molecule has 2 N–H and O–H groups in total. The van der Waals surface area contributed by atoms with Crippen molar-refractivity contribution in [3.63, 3.8) is 0 Å². The standard InChI is InChI=1S/C10H6BrF4NO3/c1-3-2-4(8(17)18)5(11)7(6(3)12)16-9(19)10(13,14)15/h2H,1H3,(H,16,19)(H,17,18). The number of carboxylic acids is 1. The summed E-state index contributed by atoms with van der Waals surface area (Å²) in [5, 5.41) is 10.1. The minimum Gasteiger partial charge on any atom is -0.478 e. The maximum Gasteiger partial charge on any atom is 0.471 e. The van der Waals surface area contributed by atoms with Crippen LogP contribution >= 0.6 is 15.9 Å². The normalized spacial score (nSPS) is 11.3. The number of carbonyl (C=O) groups excluding carboxylic acids is 1. The molecule has 0 bridgehead atoms. The van der Waals surface area contributed by atoms with Crippen LogP contribution in [0.1, 0.15) is 15.9 Å². The van der Waals surface area contributed by atoms with E-state index in [0.717, 1.165) is 13.0 Å². The molecule has 104 valence electrons. The molecule has 1 aromatic rings. The second-order valence-electron chi connectivity index (χ2n) is 3.50. The molecule has 0 aliphatic carbocycles. The number of anilines is 1. The van der Waals surface area contributed by atoms with Crippen LogP contribution in [0, 0.1) is 12.7 Å². The van der Waals surface area contributed by atoms with Crippen molar-refractivity contribution in [1.29, 1.82) is 0 Å². The molecule has 0 saturated carbocycles. The number of carboxylic acid groups (broad SMARTS) is 1. The summed E-state index contributed by atoms with van der Waals surface area (Å²) in [5.41, 5.74) is -1.53. The number of hydrogen-bond acceptors (Lipinski definition) is 2. The molecule has 0 aliphatic rings. The van der Waals surface area contributed by atoms with E-state index < -0.39 is 39.6 Å². The van der Waals surface area contributed by atoms with Crippen molar-refractivity contribution in [3.8, 4) is 0 Å². The van der Waals surface area contributed by atoms with Crippen LogP contribution < -0.4 is 5.32 Å². The van der Waals surface area contributed by atoms with Gasteiger partial charge in [0.1, 0.15) is 0 Å². The molecule has 19 heavy (non-hydrogen) atoms. The van der Waals surface area contributed by atoms with E-state index in [0.29, 0.717) is 0 Å². The maximum atomic E-state index is 13.6. The van der Waals surface area contributed by atoms with Gasteiger partial charge in [-0.05, 0) is 34.5 Å². The number of alkyl halides is 3. The zero-order valence-electron chi connectivity index (χ0n) is 9.23. The molecule has 0 unspecified atom stereocenters. The molecular weight excluding hydrogens is 338 g/mol. The Hall–Kier alpha value is -1.64. The molecule has 0 radical (unpaired) electrons. The van der Waals surface area contributed by atoms with Gasteiger partial charge in [0.05, 0.1) is 15.7 Å². The summed E-state index contributed by atoms with van der Waals surface area (Å²) in [7, 11) is 0. The first-order valence-corrected chi connectivity index (χ1v) is 5.45. The predicted octanol–water partition coefficient (Wildman–Crippen LogP) is 3.10. The quantitative estimate of drug-likeness (QED) is 0.811. The van der Waals surface area contributed by atoms with Gasteiger partial charge in [-0.25, -0.2) is 9.18 Å². The number of hydrogen-bond donors (Lipinski definition) is 2. The number of halogens is 5. The fourth-order valence-corrected chi connectivity index (χ4v) is 1.78. The van der Waals surface area contributed by atoms with Crippen molar-refractivity contribution in [2.45, 2.75) is 13.1 Å². The van der Waals surface area contributed by atoms with Crippen LogP contribution in [-0.4, -0.2) is 23.2 Å². The second kappa shape index (κ2) is 5.16. The van der Waals surface area contributed by atoms with E-state index in [4.69, 9.17) is 5.11 Å². The summed E-state index contributed by atoms with van der Waals surface area (Å²) < 4.78 is 49.5. The summed E-state index contributed by atoms with van der Waals surface area (Å²) >= 11 is 2.66. The van der Waals surface area contributed by atoms with Gasteiger partial charge in [-0.3, -0.25) is 4.79 Å². The third-order valence-electron chi connectivity index (χ3n) is 2.11. The van der Waals surface area contributed by atoms with Gasteiger partial charge in [0.25, 0.3) is 0 Å². The van der Waals surface area contributed by atoms with Crippen LogP contribution in [0.2, 0.25) is 0 Å². The molecule has 4 nitrogen and oxygen atoms in total. The highest BCUT2D eigenvalue weighted by Crippen LogP contribution is 2.33. The van der Waals surface area contributed by atoms with Crippen LogP contribution in [0.4, 0.5) is 23.2 Å². The van der Waals surface area contributed by atoms with Gasteiger partial charge in [0.2, 0.25) is 0 Å². The third kappa shape index (κ3) is 3.22. The van der Waals surface area contributed by atoms with E-state index in [1.54, 1.807) is 0 Å². The van der Waals surface area contributed by atoms with Crippen molar-refractivity contribution in [2.75, 3.05) is 5.32 Å². The smallest absolute Gasteiger partial charge is 0.471 e. The lowest BCUT2D eigenvalue weighted by atomic mass is 10.1. The monoisotopic (exact) mass is 343 g/mol. The van der Waals surface area contributed by atoms with Crippen molar-refractivity contribution in [2.24, 2.45) is 0 Å². The predicted molar refractivity (Wildman–Crippen MR) is 60.5 cm³/mol. The summed E-state index contributed by atoms with van der Waals surface area (Å²) in [4.78, 5) is 21.6. The Morgan fingerprint density at radius 2 is 1.89 bits per heavy atom. The Morgan fingerprint density at radius 1 is 1.37 bits per heavy atom. The first-order valence-electron chi connectivity index (χ1n) is 4.65. The lowest BCUT2D eigenvalue weighted by Gasteiger charge is -2.13. The van der Waals surface area contributed by atoms with Crippen LogP contribution in [0.3, 0.4) is 0 Å². The van der Waals surface area contributed by atoms with E-state index in [1.807, 2.05) is 0 Å². The molecule has 0 heterocycles. The number of amides is 1. The Morgan fingerprint density at radius 3 is 2.32 bits per heavy atom. The number of carbonyl (C=O) groups is 2. The number of aryl methyl sites for hydroxylation is 1. The molecule has 9 heteroatoms. The summed E-state index contributed by atoms with van der Waals surface area (Å²) in [6, 6.07) is 0.936. The fourth-order valence-electron chi connectivity index (χ4n) is 1.22. The summed E-state index contributed by atoms with van der Waals surface area (Å²) in [6.07, 6.45) is -5.21. The highest BCUT2D eigenvalue weighted by Gasteiger charge is 2.39. The zero-order valence-corrected chi connectivity index (χ0v) is 10.8. The third-order valence-corrected chi connectivity index (χ3v) is 2.93. The highest BCUT2D eigenvalue weighted by atomic mass is 79.9. The topological polar surface area (TPSA) is 66.4 Å². The van der Waals surface area contributed by atoms with Gasteiger partial charge in [-0.15, -0.1) is 0 Å². The van der Waals surface area contributed by atoms with E-state index >= 15 is 0 Å². The lowest BCUT2D eigenvalue weighted by molar-refractivity contribution is -0.167. The molecular formula is C10H6BrF4NO3. The molecule has 0 aliphatic heterocycles. The van der Waals surface area contributed by atoms with Gasteiger partial charge in [0, 0.05) is 0 Å². The molecule has 1 amide bonds. The number of aromatic carboxylic acids is 1. The van der Waals surface area contributed by atoms with Crippen molar-refractivity contribution in [1.82, 2.24) is 0 Å². The van der Waals surface area contributed by atoms with Crippen molar-refractivity contribution >= 4 is 33.5 Å². The highest BCUT2D eigenvalue weighted by molar-refractivity contribution is 9.10. The largest absolute Gasteiger partial charge is 0.478 e. The van der Waals surface area contributed by atoms with Crippen molar-refractivity contribution < 1.29 is 32.3 Å². The first-order chi connectivity index (χ1) is 8.55. The average molecular weight is 344 g/mol. The first kappa shape index (κ1) is 15.4. The molecule has 0 saturated heterocycles. The van der Waals surface area contributed by atoms with Gasteiger partial charge in [-0.2, -0.15) is 13.2 Å². The molecule has 0 spiro atoms. The van der Waals surface area contributed by atoms with E-state index in [9.17, 15) is 27.2 Å². The van der Waals surface area contributed by atoms with E-state index in [2.05, 4.69) is 15.9 Å². The lowest BCUT2D eigenvalue weighted by Crippen LogP contribution is -2.30. The van der Waals surface area contributed by atoms with Gasteiger partial charge in [0.15, 0.2) is 5.82 Å². The Labute approximate surface area is 112 Å². The second-order valence-corrected chi connectivity index (χ2v) is 4.29. The van der Waals surface area contributed by atoms with Crippen LogP contribution in [-0.2, 0) is 4.79 Å². The minimum atomic E-state index is -5.21. The molecule has 1 rings (SSSR count). The molecule has 0 aromatic heterocycles. The number of rotatable bonds is 2. The molecule has 0 fully saturated rings. The fraction of sp³-hybridized carbons (Fsp3) is 0.200. The summed E-state index contributed by atoms with van der Waals surface area (Å²) in [6.45, 7) is 1.16. The minimum absolute atomic E-state index is 0.210. The van der Waals surface area contributed by atoms with Gasteiger partial charge in [-0.1, -0.05) is 0 Å². The SMILES string of the molecule is Cc1cc(C(=O)O)c(Br)c(NC(=O)C(F)(F)F)c1F. The number of benzene rings is 1. The Balaban J connectivity index is 3.35.